The van der Waals surface area contributed by atoms with Gasteiger partial charge in [-0.3, -0.25) is 9.88 Å². The van der Waals surface area contributed by atoms with E-state index in [9.17, 15) is 0 Å². The van der Waals surface area contributed by atoms with Crippen LogP contribution in [0.3, 0.4) is 0 Å². The van der Waals surface area contributed by atoms with Gasteiger partial charge >= 0.3 is 0 Å². The second-order valence-electron chi connectivity index (χ2n) is 5.93. The van der Waals surface area contributed by atoms with Crippen molar-refractivity contribution in [3.8, 4) is 11.3 Å². The van der Waals surface area contributed by atoms with E-state index in [4.69, 9.17) is 4.74 Å². The first-order valence-corrected chi connectivity index (χ1v) is 9.53. The van der Waals surface area contributed by atoms with Crippen LogP contribution in [-0.2, 0) is 10.5 Å². The van der Waals surface area contributed by atoms with Gasteiger partial charge in [0, 0.05) is 36.6 Å². The predicted molar refractivity (Wildman–Crippen MR) is 97.7 cm³/mol. The van der Waals surface area contributed by atoms with Gasteiger partial charge in [-0.2, -0.15) is 11.8 Å². The molecule has 1 atom stereocenters. The number of hydrogen-bond acceptors (Lipinski definition) is 4. The van der Waals surface area contributed by atoms with Gasteiger partial charge in [-0.25, -0.2) is 0 Å². The Kier molecular flexibility index (Phi) is 5.70. The molecule has 1 aliphatic heterocycles. The highest BCUT2D eigenvalue weighted by atomic mass is 32.2. The zero-order valence-electron chi connectivity index (χ0n) is 13.9. The fraction of sp³-hybridized carbons (Fsp3) is 0.421. The maximum absolute atomic E-state index is 5.44. The average molecular weight is 328 g/mol. The van der Waals surface area contributed by atoms with Crippen molar-refractivity contribution >= 4 is 11.8 Å². The van der Waals surface area contributed by atoms with E-state index in [2.05, 4.69) is 59.5 Å². The quantitative estimate of drug-likeness (QED) is 0.828. The summed E-state index contributed by atoms with van der Waals surface area (Å²) in [5.41, 5.74) is 4.85. The van der Waals surface area contributed by atoms with Crippen molar-refractivity contribution in [3.05, 3.63) is 53.7 Å². The summed E-state index contributed by atoms with van der Waals surface area (Å²) in [6.45, 7) is 5.99. The highest BCUT2D eigenvalue weighted by molar-refractivity contribution is 7.97. The molecule has 0 amide bonds. The summed E-state index contributed by atoms with van der Waals surface area (Å²) in [5.74, 6) is 1.02. The third-order valence-electron chi connectivity index (χ3n) is 4.42. The third-order valence-corrected chi connectivity index (χ3v) is 5.04. The number of nitrogens with zero attached hydrogens (tertiary/aromatic N) is 2. The van der Waals surface area contributed by atoms with E-state index in [0.717, 1.165) is 37.8 Å². The number of pyridine rings is 1. The van der Waals surface area contributed by atoms with E-state index in [1.165, 1.54) is 16.7 Å². The molecule has 1 aliphatic rings. The van der Waals surface area contributed by atoms with Crippen molar-refractivity contribution in [3.63, 3.8) is 0 Å². The second kappa shape index (κ2) is 7.95. The molecule has 1 unspecified atom stereocenters. The maximum Gasteiger partial charge on any atom is 0.0702 e. The predicted octanol–water partition coefficient (Wildman–Crippen LogP) is 4.00. The van der Waals surface area contributed by atoms with Gasteiger partial charge in [0.25, 0.3) is 0 Å². The summed E-state index contributed by atoms with van der Waals surface area (Å²) in [6.07, 6.45) is 4.10. The van der Waals surface area contributed by atoms with E-state index in [1.807, 2.05) is 18.0 Å². The van der Waals surface area contributed by atoms with Gasteiger partial charge in [0.15, 0.2) is 0 Å². The molecule has 0 N–H and O–H groups in total. The minimum absolute atomic E-state index is 0.435. The lowest BCUT2D eigenvalue weighted by molar-refractivity contribution is 0.0198. The Morgan fingerprint density at radius 3 is 2.48 bits per heavy atom. The lowest BCUT2D eigenvalue weighted by Crippen LogP contribution is -2.37. The number of morpholine rings is 1. The van der Waals surface area contributed by atoms with E-state index in [-0.39, 0.29) is 0 Å². The fourth-order valence-electron chi connectivity index (χ4n) is 2.96. The Balaban J connectivity index is 1.70. The SMILES string of the molecule is CSCc1ccc(-c2ccc(C(C)N3CCOCC3)cc2)nc1. The van der Waals surface area contributed by atoms with E-state index in [0.29, 0.717) is 6.04 Å². The number of rotatable bonds is 5. The lowest BCUT2D eigenvalue weighted by Gasteiger charge is -2.32. The van der Waals surface area contributed by atoms with Gasteiger partial charge in [-0.1, -0.05) is 30.3 Å². The Bertz CT molecular complexity index is 606. The first-order chi connectivity index (χ1) is 11.3. The summed E-state index contributed by atoms with van der Waals surface area (Å²) >= 11 is 1.82. The summed E-state index contributed by atoms with van der Waals surface area (Å²) in [6, 6.07) is 13.5. The molecule has 3 nitrogen and oxygen atoms in total. The summed E-state index contributed by atoms with van der Waals surface area (Å²) in [7, 11) is 0. The van der Waals surface area contributed by atoms with E-state index < -0.39 is 0 Å². The molecule has 122 valence electrons. The van der Waals surface area contributed by atoms with Crippen LogP contribution in [0.5, 0.6) is 0 Å². The zero-order valence-corrected chi connectivity index (χ0v) is 14.7. The van der Waals surface area contributed by atoms with Crippen LogP contribution >= 0.6 is 11.8 Å². The summed E-state index contributed by atoms with van der Waals surface area (Å²) in [4.78, 5) is 7.07. The average Bonchev–Trinajstić information content (AvgIpc) is 2.63. The van der Waals surface area contributed by atoms with Gasteiger partial charge in [0.2, 0.25) is 0 Å². The molecule has 0 saturated carbocycles. The zero-order chi connectivity index (χ0) is 16.1. The molecule has 1 saturated heterocycles. The molecule has 1 fully saturated rings. The minimum atomic E-state index is 0.435. The molecular weight excluding hydrogens is 304 g/mol. The van der Waals surface area contributed by atoms with Gasteiger partial charge in [-0.05, 0) is 30.4 Å². The van der Waals surface area contributed by atoms with Crippen LogP contribution in [0.25, 0.3) is 11.3 Å². The summed E-state index contributed by atoms with van der Waals surface area (Å²) in [5, 5.41) is 0. The van der Waals surface area contributed by atoms with Crippen LogP contribution in [-0.4, -0.2) is 42.4 Å². The highest BCUT2D eigenvalue weighted by Crippen LogP contribution is 2.25. The highest BCUT2D eigenvalue weighted by Gasteiger charge is 2.18. The Morgan fingerprint density at radius 1 is 1.13 bits per heavy atom. The molecule has 2 heterocycles. The van der Waals surface area contributed by atoms with Crippen LogP contribution in [0.15, 0.2) is 42.6 Å². The monoisotopic (exact) mass is 328 g/mol. The van der Waals surface area contributed by atoms with Crippen molar-refractivity contribution in [1.82, 2.24) is 9.88 Å². The van der Waals surface area contributed by atoms with Crippen molar-refractivity contribution in [2.75, 3.05) is 32.6 Å². The van der Waals surface area contributed by atoms with Crippen LogP contribution in [0.1, 0.15) is 24.1 Å². The van der Waals surface area contributed by atoms with E-state index >= 15 is 0 Å². The Morgan fingerprint density at radius 2 is 1.87 bits per heavy atom. The Hall–Kier alpha value is -1.36. The molecule has 2 aromatic rings. The molecule has 3 rings (SSSR count). The van der Waals surface area contributed by atoms with Gasteiger partial charge < -0.3 is 4.74 Å². The van der Waals surface area contributed by atoms with Crippen LogP contribution < -0.4 is 0 Å². The molecule has 1 aromatic carbocycles. The normalized spacial score (nSPS) is 17.1. The van der Waals surface area contributed by atoms with Crippen molar-refractivity contribution in [2.45, 2.75) is 18.7 Å². The lowest BCUT2D eigenvalue weighted by atomic mass is 10.0. The molecule has 0 radical (unpaired) electrons. The topological polar surface area (TPSA) is 25.4 Å². The molecule has 4 heteroatoms. The number of benzene rings is 1. The van der Waals surface area contributed by atoms with Crippen LogP contribution in [0.4, 0.5) is 0 Å². The van der Waals surface area contributed by atoms with E-state index in [1.54, 1.807) is 0 Å². The van der Waals surface area contributed by atoms with Crippen LogP contribution in [0, 0.1) is 0 Å². The first kappa shape index (κ1) is 16.5. The molecule has 0 spiro atoms. The standard InChI is InChI=1S/C19H24N2OS/c1-15(21-9-11-22-12-10-21)17-4-6-18(7-5-17)19-8-3-16(13-20-19)14-23-2/h3-8,13,15H,9-12,14H2,1-2H3. The fourth-order valence-corrected chi connectivity index (χ4v) is 3.46. The summed E-state index contributed by atoms with van der Waals surface area (Å²) < 4.78 is 5.44. The second-order valence-corrected chi connectivity index (χ2v) is 6.80. The molecular formula is C19H24N2OS. The maximum atomic E-state index is 5.44. The number of thioether (sulfide) groups is 1. The third kappa shape index (κ3) is 4.14. The molecule has 0 bridgehead atoms. The van der Waals surface area contributed by atoms with Crippen molar-refractivity contribution in [1.29, 1.82) is 0 Å². The number of hydrogen-bond donors (Lipinski definition) is 0. The molecule has 0 aliphatic carbocycles. The Labute approximate surface area is 143 Å². The minimum Gasteiger partial charge on any atom is -0.379 e. The van der Waals surface area contributed by atoms with Crippen LogP contribution in [0.2, 0.25) is 0 Å². The van der Waals surface area contributed by atoms with Gasteiger partial charge in [0.05, 0.1) is 18.9 Å². The molecule has 23 heavy (non-hydrogen) atoms. The van der Waals surface area contributed by atoms with Crippen molar-refractivity contribution < 1.29 is 4.74 Å². The number of ether oxygens (including phenoxy) is 1. The first-order valence-electron chi connectivity index (χ1n) is 8.14. The molecule has 1 aromatic heterocycles. The van der Waals surface area contributed by atoms with Crippen molar-refractivity contribution in [2.24, 2.45) is 0 Å². The smallest absolute Gasteiger partial charge is 0.0702 e. The van der Waals surface area contributed by atoms with Gasteiger partial charge in [0.1, 0.15) is 0 Å². The number of aromatic nitrogens is 1. The van der Waals surface area contributed by atoms with Gasteiger partial charge in [-0.15, -0.1) is 0 Å². The largest absolute Gasteiger partial charge is 0.379 e.